The number of aryl methyl sites for hydroxylation is 1. The van der Waals surface area contributed by atoms with Gasteiger partial charge in [0.05, 0.1) is 5.52 Å². The zero-order valence-corrected chi connectivity index (χ0v) is 21.3. The van der Waals surface area contributed by atoms with Gasteiger partial charge in [0, 0.05) is 25.0 Å². The summed E-state index contributed by atoms with van der Waals surface area (Å²) in [5.41, 5.74) is 7.12. The monoisotopic (exact) mass is 480 g/mol. The number of nitrogens with zero attached hydrogens (tertiary/aromatic N) is 7. The van der Waals surface area contributed by atoms with Crippen LogP contribution in [0.3, 0.4) is 0 Å². The fourth-order valence-corrected chi connectivity index (χ4v) is 4.50. The lowest BCUT2D eigenvalue weighted by atomic mass is 10.0. The Bertz CT molecular complexity index is 1490. The summed E-state index contributed by atoms with van der Waals surface area (Å²) in [6.07, 6.45) is 7.02. The lowest BCUT2D eigenvalue weighted by Crippen LogP contribution is -2.29. The molecule has 36 heavy (non-hydrogen) atoms. The third kappa shape index (κ3) is 5.12. The van der Waals surface area contributed by atoms with Crippen molar-refractivity contribution < 1.29 is 0 Å². The van der Waals surface area contributed by atoms with Crippen LogP contribution in [-0.2, 0) is 6.42 Å². The molecule has 5 rings (SSSR count). The van der Waals surface area contributed by atoms with E-state index in [1.54, 1.807) is 17.2 Å². The van der Waals surface area contributed by atoms with Gasteiger partial charge in [0.2, 0.25) is 0 Å². The van der Waals surface area contributed by atoms with Gasteiger partial charge in [-0.2, -0.15) is 5.10 Å². The van der Waals surface area contributed by atoms with Crippen LogP contribution in [0.4, 0.5) is 17.3 Å². The van der Waals surface area contributed by atoms with Crippen LogP contribution in [0.2, 0.25) is 0 Å². The first kappa shape index (κ1) is 23.7. The lowest BCUT2D eigenvalue weighted by Gasteiger charge is -2.25. The van der Waals surface area contributed by atoms with Crippen LogP contribution in [0.15, 0.2) is 61.3 Å². The highest BCUT2D eigenvalue weighted by molar-refractivity contribution is 5.88. The molecule has 1 aromatic carbocycles. The Balaban J connectivity index is 1.40. The van der Waals surface area contributed by atoms with E-state index in [2.05, 4.69) is 94.4 Å². The van der Waals surface area contributed by atoms with Crippen LogP contribution in [0.25, 0.3) is 16.7 Å². The molecule has 0 aliphatic heterocycles. The van der Waals surface area contributed by atoms with Gasteiger partial charge in [0.25, 0.3) is 0 Å². The topological polar surface area (TPSA) is 84.1 Å². The Kier molecular flexibility index (Phi) is 6.75. The number of aromatic nitrogens is 6. The summed E-state index contributed by atoms with van der Waals surface area (Å²) < 4.78 is 1.78. The van der Waals surface area contributed by atoms with Gasteiger partial charge in [-0.3, -0.25) is 0 Å². The molecule has 0 saturated carbocycles. The quantitative estimate of drug-likeness (QED) is 0.295. The highest BCUT2D eigenvalue weighted by Crippen LogP contribution is 2.26. The van der Waals surface area contributed by atoms with Gasteiger partial charge in [-0.25, -0.2) is 24.5 Å². The summed E-state index contributed by atoms with van der Waals surface area (Å²) in [5, 5.41) is 7.66. The zero-order chi connectivity index (χ0) is 25.1. The molecule has 0 radical (unpaired) electrons. The number of nitrogens with one attached hydrogen (secondary N) is 1. The van der Waals surface area contributed by atoms with E-state index in [0.29, 0.717) is 11.7 Å². The van der Waals surface area contributed by atoms with E-state index >= 15 is 0 Å². The van der Waals surface area contributed by atoms with Crippen molar-refractivity contribution in [2.45, 2.75) is 40.5 Å². The van der Waals surface area contributed by atoms with E-state index < -0.39 is 0 Å². The van der Waals surface area contributed by atoms with Gasteiger partial charge in [-0.1, -0.05) is 26.8 Å². The first-order valence-corrected chi connectivity index (χ1v) is 12.5. The smallest absolute Gasteiger partial charge is 0.160 e. The maximum absolute atomic E-state index is 4.99. The van der Waals surface area contributed by atoms with E-state index in [1.807, 2.05) is 12.3 Å². The summed E-state index contributed by atoms with van der Waals surface area (Å²) in [6.45, 7) is 10.7. The highest BCUT2D eigenvalue weighted by Gasteiger charge is 2.13. The predicted molar refractivity (Wildman–Crippen MR) is 145 cm³/mol. The average Bonchev–Trinajstić information content (AvgIpc) is 3.33. The fourth-order valence-electron chi connectivity index (χ4n) is 4.50. The van der Waals surface area contributed by atoms with E-state index in [9.17, 15) is 0 Å². The van der Waals surface area contributed by atoms with Crippen LogP contribution in [0.1, 0.15) is 43.9 Å². The molecule has 8 heteroatoms. The maximum Gasteiger partial charge on any atom is 0.160 e. The SMILES string of the molecule is CCCN(CC(C)C)c1ccc2ncnc(Nc3ccc(Cc4ccn5ncnc5c4)c(C)c3)c2n1. The minimum absolute atomic E-state index is 0.554. The number of rotatable bonds is 9. The Morgan fingerprint density at radius 1 is 1.00 bits per heavy atom. The molecule has 0 aliphatic rings. The summed E-state index contributed by atoms with van der Waals surface area (Å²) in [4.78, 5) is 20.6. The molecule has 0 atom stereocenters. The molecule has 184 valence electrons. The summed E-state index contributed by atoms with van der Waals surface area (Å²) in [7, 11) is 0. The minimum Gasteiger partial charge on any atom is -0.356 e. The first-order chi connectivity index (χ1) is 17.5. The van der Waals surface area contributed by atoms with Gasteiger partial charge in [-0.05, 0) is 78.8 Å². The number of anilines is 3. The molecule has 8 nitrogen and oxygen atoms in total. The van der Waals surface area contributed by atoms with E-state index in [-0.39, 0.29) is 0 Å². The molecule has 0 amide bonds. The van der Waals surface area contributed by atoms with Crippen molar-refractivity contribution in [3.05, 3.63) is 78.0 Å². The van der Waals surface area contributed by atoms with Gasteiger partial charge in [-0.15, -0.1) is 0 Å². The number of hydrogen-bond acceptors (Lipinski definition) is 7. The van der Waals surface area contributed by atoms with Crippen LogP contribution < -0.4 is 10.2 Å². The number of benzene rings is 1. The van der Waals surface area contributed by atoms with Crippen molar-refractivity contribution in [3.63, 3.8) is 0 Å². The van der Waals surface area contributed by atoms with Crippen molar-refractivity contribution >= 4 is 34.0 Å². The van der Waals surface area contributed by atoms with Crippen LogP contribution in [0, 0.1) is 12.8 Å². The van der Waals surface area contributed by atoms with Crippen LogP contribution >= 0.6 is 0 Å². The third-order valence-electron chi connectivity index (χ3n) is 6.22. The molecule has 0 saturated heterocycles. The minimum atomic E-state index is 0.554. The second kappa shape index (κ2) is 10.3. The standard InChI is InChI=1S/C28H32N8/c1-5-11-35(16-19(2)3)25-9-8-24-27(34-25)28(31-17-29-24)33-23-7-6-22(20(4)13-23)14-21-10-12-36-26(15-21)30-18-32-36/h6-10,12-13,15,17-19H,5,11,14,16H2,1-4H3,(H,29,31,33). The normalized spacial score (nSPS) is 11.5. The largest absolute Gasteiger partial charge is 0.356 e. The van der Waals surface area contributed by atoms with Gasteiger partial charge in [0.1, 0.15) is 24.0 Å². The molecule has 1 N–H and O–H groups in total. The molecule has 0 aliphatic carbocycles. The number of hydrogen-bond donors (Lipinski definition) is 1. The second-order valence-electron chi connectivity index (χ2n) is 9.64. The Hall–Kier alpha value is -4.07. The zero-order valence-electron chi connectivity index (χ0n) is 21.3. The summed E-state index contributed by atoms with van der Waals surface area (Å²) in [6, 6.07) is 14.7. The maximum atomic E-state index is 4.99. The lowest BCUT2D eigenvalue weighted by molar-refractivity contribution is 0.602. The van der Waals surface area contributed by atoms with Crippen LogP contribution in [0.5, 0.6) is 0 Å². The molecule has 0 fully saturated rings. The van der Waals surface area contributed by atoms with E-state index in [0.717, 1.165) is 54.1 Å². The highest BCUT2D eigenvalue weighted by atomic mass is 15.3. The number of pyridine rings is 2. The van der Waals surface area contributed by atoms with Crippen molar-refractivity contribution in [3.8, 4) is 0 Å². The summed E-state index contributed by atoms with van der Waals surface area (Å²) in [5.74, 6) is 2.23. The Morgan fingerprint density at radius 3 is 2.69 bits per heavy atom. The second-order valence-corrected chi connectivity index (χ2v) is 9.64. The molecule has 5 aromatic rings. The molecule has 0 bridgehead atoms. The van der Waals surface area contributed by atoms with Crippen molar-refractivity contribution in [1.29, 1.82) is 0 Å². The van der Waals surface area contributed by atoms with Crippen LogP contribution in [-0.4, -0.2) is 42.6 Å². The Morgan fingerprint density at radius 2 is 1.89 bits per heavy atom. The van der Waals surface area contributed by atoms with Gasteiger partial charge >= 0.3 is 0 Å². The van der Waals surface area contributed by atoms with Crippen molar-refractivity contribution in [2.75, 3.05) is 23.3 Å². The molecular formula is C28H32N8. The predicted octanol–water partition coefficient (Wildman–Crippen LogP) is 5.58. The van der Waals surface area contributed by atoms with Crippen molar-refractivity contribution in [1.82, 2.24) is 29.5 Å². The number of fused-ring (bicyclic) bond motifs is 2. The van der Waals surface area contributed by atoms with E-state index in [4.69, 9.17) is 4.98 Å². The first-order valence-electron chi connectivity index (χ1n) is 12.5. The Labute approximate surface area is 211 Å². The third-order valence-corrected chi connectivity index (χ3v) is 6.22. The van der Waals surface area contributed by atoms with Crippen molar-refractivity contribution in [2.24, 2.45) is 5.92 Å². The summed E-state index contributed by atoms with van der Waals surface area (Å²) >= 11 is 0. The molecule has 0 unspecified atom stereocenters. The molecule has 0 spiro atoms. The fraction of sp³-hybridized carbons (Fsp3) is 0.321. The molecule has 4 aromatic heterocycles. The van der Waals surface area contributed by atoms with E-state index in [1.165, 1.54) is 16.7 Å². The van der Waals surface area contributed by atoms with Gasteiger partial charge in [0.15, 0.2) is 11.5 Å². The molecule has 4 heterocycles. The molecular weight excluding hydrogens is 448 g/mol. The average molecular weight is 481 g/mol. The van der Waals surface area contributed by atoms with Gasteiger partial charge < -0.3 is 10.2 Å².